The van der Waals surface area contributed by atoms with Crippen molar-refractivity contribution in [2.45, 2.75) is 19.5 Å². The molecule has 1 unspecified atom stereocenters. The van der Waals surface area contributed by atoms with Crippen LogP contribution < -0.4 is 5.32 Å². The Morgan fingerprint density at radius 2 is 1.63 bits per heavy atom. The van der Waals surface area contributed by atoms with E-state index in [2.05, 4.69) is 5.32 Å². The molecule has 2 aromatic rings. The molecule has 0 fully saturated rings. The van der Waals surface area contributed by atoms with Crippen molar-refractivity contribution in [3.63, 3.8) is 0 Å². The van der Waals surface area contributed by atoms with Crippen molar-refractivity contribution in [2.75, 3.05) is 0 Å². The van der Waals surface area contributed by atoms with E-state index in [0.29, 0.717) is 12.1 Å². The van der Waals surface area contributed by atoms with Gasteiger partial charge in [0.2, 0.25) is 0 Å². The quantitative estimate of drug-likeness (QED) is 0.884. The van der Waals surface area contributed by atoms with Crippen LogP contribution in [0.2, 0.25) is 0 Å². The number of halogens is 2. The predicted molar refractivity (Wildman–Crippen MR) is 69.7 cm³/mol. The molecule has 0 amide bonds. The molecule has 2 N–H and O–H groups in total. The molecular weight excluding hydrogens is 248 g/mol. The number of benzene rings is 2. The molecule has 100 valence electrons. The van der Waals surface area contributed by atoms with Crippen LogP contribution in [0, 0.1) is 11.6 Å². The largest absolute Gasteiger partial charge is 0.508 e. The van der Waals surface area contributed by atoms with E-state index in [0.717, 1.165) is 11.6 Å². The van der Waals surface area contributed by atoms with Gasteiger partial charge in [-0.05, 0) is 42.3 Å². The molecule has 2 nitrogen and oxygen atoms in total. The number of nitrogens with one attached hydrogen (secondary N) is 1. The average Bonchev–Trinajstić information content (AvgIpc) is 2.36. The van der Waals surface area contributed by atoms with Gasteiger partial charge < -0.3 is 10.4 Å². The van der Waals surface area contributed by atoms with Gasteiger partial charge in [0.25, 0.3) is 0 Å². The number of aromatic hydroxyl groups is 1. The number of rotatable bonds is 4. The zero-order valence-corrected chi connectivity index (χ0v) is 10.5. The van der Waals surface area contributed by atoms with E-state index in [1.54, 1.807) is 24.3 Å². The zero-order chi connectivity index (χ0) is 13.8. The van der Waals surface area contributed by atoms with E-state index in [1.807, 2.05) is 6.92 Å². The molecule has 0 saturated heterocycles. The fourth-order valence-corrected chi connectivity index (χ4v) is 1.83. The van der Waals surface area contributed by atoms with Gasteiger partial charge in [0, 0.05) is 18.7 Å². The lowest BCUT2D eigenvalue weighted by Crippen LogP contribution is -2.18. The highest BCUT2D eigenvalue weighted by Crippen LogP contribution is 2.17. The third-order valence-electron chi connectivity index (χ3n) is 2.93. The average molecular weight is 263 g/mol. The van der Waals surface area contributed by atoms with Crippen LogP contribution in [0.3, 0.4) is 0 Å². The molecule has 0 aliphatic heterocycles. The molecule has 0 bridgehead atoms. The van der Waals surface area contributed by atoms with E-state index < -0.39 is 11.6 Å². The summed E-state index contributed by atoms with van der Waals surface area (Å²) in [6.45, 7) is 2.40. The van der Waals surface area contributed by atoms with Gasteiger partial charge in [-0.15, -0.1) is 0 Å². The molecule has 0 aliphatic carbocycles. The summed E-state index contributed by atoms with van der Waals surface area (Å²) in [5, 5.41) is 12.3. The fraction of sp³-hybridized carbons (Fsp3) is 0.200. The Morgan fingerprint density at radius 1 is 1.05 bits per heavy atom. The summed E-state index contributed by atoms with van der Waals surface area (Å²) in [4.78, 5) is 0. The highest BCUT2D eigenvalue weighted by atomic mass is 19.1. The van der Waals surface area contributed by atoms with E-state index in [-0.39, 0.29) is 11.8 Å². The highest BCUT2D eigenvalue weighted by Gasteiger charge is 2.08. The minimum absolute atomic E-state index is 0.168. The van der Waals surface area contributed by atoms with Gasteiger partial charge in [-0.1, -0.05) is 12.1 Å². The molecule has 0 spiro atoms. The van der Waals surface area contributed by atoms with E-state index in [4.69, 9.17) is 5.11 Å². The second kappa shape index (κ2) is 5.80. The van der Waals surface area contributed by atoms with Crippen molar-refractivity contribution in [3.05, 3.63) is 65.2 Å². The minimum Gasteiger partial charge on any atom is -0.508 e. The molecule has 0 aromatic heterocycles. The van der Waals surface area contributed by atoms with Gasteiger partial charge in [0.05, 0.1) is 0 Å². The van der Waals surface area contributed by atoms with Crippen LogP contribution >= 0.6 is 0 Å². The zero-order valence-electron chi connectivity index (χ0n) is 10.5. The maximum absolute atomic E-state index is 13.1. The highest BCUT2D eigenvalue weighted by molar-refractivity contribution is 5.26. The Kier molecular flexibility index (Phi) is 4.12. The first kappa shape index (κ1) is 13.5. The summed E-state index contributed by atoms with van der Waals surface area (Å²) in [6.07, 6.45) is 0. The number of phenolic OH excluding ortho intramolecular Hbond substituents is 1. The molecule has 0 saturated carbocycles. The van der Waals surface area contributed by atoms with Gasteiger partial charge in [-0.25, -0.2) is 8.78 Å². The van der Waals surface area contributed by atoms with Gasteiger partial charge >= 0.3 is 0 Å². The first-order valence-corrected chi connectivity index (χ1v) is 6.02. The van der Waals surface area contributed by atoms with Crippen LogP contribution in [0.5, 0.6) is 5.75 Å². The summed E-state index contributed by atoms with van der Waals surface area (Å²) in [5.74, 6) is -0.939. The van der Waals surface area contributed by atoms with Gasteiger partial charge in [0.15, 0.2) is 0 Å². The second-order valence-electron chi connectivity index (χ2n) is 4.47. The summed E-state index contributed by atoms with van der Waals surface area (Å²) in [6, 6.07) is 10.1. The lowest BCUT2D eigenvalue weighted by molar-refractivity contribution is 0.474. The Morgan fingerprint density at radius 3 is 2.21 bits per heavy atom. The van der Waals surface area contributed by atoms with Crippen molar-refractivity contribution < 1.29 is 13.9 Å². The molecule has 0 radical (unpaired) electrons. The van der Waals surface area contributed by atoms with E-state index >= 15 is 0 Å². The van der Waals surface area contributed by atoms with Crippen LogP contribution in [0.15, 0.2) is 42.5 Å². The molecule has 2 aromatic carbocycles. The maximum atomic E-state index is 13.1. The Bertz CT molecular complexity index is 534. The molecule has 19 heavy (non-hydrogen) atoms. The van der Waals surface area contributed by atoms with Crippen molar-refractivity contribution in [1.82, 2.24) is 5.32 Å². The Hall–Kier alpha value is -1.94. The number of phenols is 1. The third kappa shape index (κ3) is 3.76. The third-order valence-corrected chi connectivity index (χ3v) is 2.93. The van der Waals surface area contributed by atoms with Crippen molar-refractivity contribution in [1.29, 1.82) is 0 Å². The van der Waals surface area contributed by atoms with Crippen molar-refractivity contribution in [3.8, 4) is 5.75 Å². The van der Waals surface area contributed by atoms with Gasteiger partial charge in [-0.2, -0.15) is 0 Å². The molecule has 1 atom stereocenters. The lowest BCUT2D eigenvalue weighted by Gasteiger charge is -2.14. The molecule has 0 aliphatic rings. The lowest BCUT2D eigenvalue weighted by atomic mass is 10.1. The topological polar surface area (TPSA) is 32.3 Å². The first-order valence-electron chi connectivity index (χ1n) is 6.02. The predicted octanol–water partition coefficient (Wildman–Crippen LogP) is 3.52. The van der Waals surface area contributed by atoms with Crippen LogP contribution in [0.4, 0.5) is 8.78 Å². The van der Waals surface area contributed by atoms with Crippen molar-refractivity contribution in [2.24, 2.45) is 0 Å². The smallest absolute Gasteiger partial charge is 0.126 e. The second-order valence-corrected chi connectivity index (χ2v) is 4.47. The normalized spacial score (nSPS) is 12.4. The Balaban J connectivity index is 2.00. The van der Waals surface area contributed by atoms with Gasteiger partial charge in [0.1, 0.15) is 17.4 Å². The molecule has 0 heterocycles. The Labute approximate surface area is 110 Å². The molecular formula is C15H15F2NO. The van der Waals surface area contributed by atoms with Crippen LogP contribution in [0.1, 0.15) is 24.1 Å². The monoisotopic (exact) mass is 263 g/mol. The maximum Gasteiger partial charge on any atom is 0.126 e. The molecule has 2 rings (SSSR count). The first-order chi connectivity index (χ1) is 9.04. The summed E-state index contributed by atoms with van der Waals surface area (Å²) >= 11 is 0. The number of hydrogen-bond donors (Lipinski definition) is 2. The SMILES string of the molecule is CC(NCc1ccc(O)cc1)c1cc(F)cc(F)c1. The summed E-state index contributed by atoms with van der Waals surface area (Å²) < 4.78 is 26.2. The van der Waals surface area contributed by atoms with Crippen LogP contribution in [0.25, 0.3) is 0 Å². The standard InChI is InChI=1S/C15H15F2NO/c1-10(12-6-13(16)8-14(17)7-12)18-9-11-2-4-15(19)5-3-11/h2-8,10,18-19H,9H2,1H3. The fourth-order valence-electron chi connectivity index (χ4n) is 1.83. The molecule has 4 heteroatoms. The van der Waals surface area contributed by atoms with E-state index in [9.17, 15) is 8.78 Å². The van der Waals surface area contributed by atoms with Crippen LogP contribution in [-0.4, -0.2) is 5.11 Å². The summed E-state index contributed by atoms with van der Waals surface area (Å²) in [5.41, 5.74) is 1.55. The van der Waals surface area contributed by atoms with Crippen molar-refractivity contribution >= 4 is 0 Å². The summed E-state index contributed by atoms with van der Waals surface area (Å²) in [7, 11) is 0. The number of hydrogen-bond acceptors (Lipinski definition) is 2. The minimum atomic E-state index is -0.576. The van der Waals surface area contributed by atoms with Gasteiger partial charge in [-0.3, -0.25) is 0 Å². The van der Waals surface area contributed by atoms with E-state index in [1.165, 1.54) is 12.1 Å². The van der Waals surface area contributed by atoms with Crippen LogP contribution in [-0.2, 0) is 6.54 Å².